The molecule has 0 amide bonds. The largest absolute Gasteiger partial charge is 0.497 e. The van der Waals surface area contributed by atoms with E-state index in [2.05, 4.69) is 20.4 Å². The van der Waals surface area contributed by atoms with Crippen LogP contribution >= 0.6 is 0 Å². The highest BCUT2D eigenvalue weighted by Crippen LogP contribution is 2.25. The number of halogens is 6. The molecule has 0 bridgehead atoms. The van der Waals surface area contributed by atoms with Crippen molar-refractivity contribution in [2.45, 2.75) is 19.7 Å². The smallest absolute Gasteiger partial charge is 0.387 e. The number of guanidine groups is 1. The number of alkyl halides is 2. The molecule has 0 saturated heterocycles. The number of hydrogen-bond donors (Lipinski definition) is 2. The highest BCUT2D eigenvalue weighted by Gasteiger charge is 2.19. The number of rotatable bonds is 7. The maximum Gasteiger partial charge on any atom is 0.387 e. The van der Waals surface area contributed by atoms with E-state index in [0.29, 0.717) is 5.75 Å². The first-order chi connectivity index (χ1) is 13.8. The molecule has 11 heteroatoms. The van der Waals surface area contributed by atoms with E-state index in [9.17, 15) is 26.3 Å². The maximum atomic E-state index is 13.7. The molecular weight excluding hydrogens is 404 g/mol. The third kappa shape index (κ3) is 5.69. The van der Waals surface area contributed by atoms with E-state index < -0.39 is 42.0 Å². The fraction of sp³-hybridized carbons (Fsp3) is 0.278. The highest BCUT2D eigenvalue weighted by molar-refractivity contribution is 5.79. The quantitative estimate of drug-likeness (QED) is 0.310. The van der Waals surface area contributed by atoms with Crippen molar-refractivity contribution >= 4 is 5.96 Å². The number of nitrogens with zero attached hydrogens (tertiary/aromatic N) is 1. The minimum Gasteiger partial charge on any atom is -0.497 e. The lowest BCUT2D eigenvalue weighted by molar-refractivity contribution is -0.0505. The molecule has 0 aliphatic heterocycles. The van der Waals surface area contributed by atoms with Crippen molar-refractivity contribution in [3.63, 3.8) is 0 Å². The molecule has 0 radical (unpaired) electrons. The van der Waals surface area contributed by atoms with Gasteiger partial charge in [-0.1, -0.05) is 0 Å². The summed E-state index contributed by atoms with van der Waals surface area (Å²) in [7, 11) is 2.72. The van der Waals surface area contributed by atoms with Gasteiger partial charge in [-0.25, -0.2) is 17.6 Å². The number of methoxy groups -OCH3 is 1. The first-order valence-corrected chi connectivity index (χ1v) is 8.14. The minimum atomic E-state index is -3.05. The van der Waals surface area contributed by atoms with Crippen LogP contribution in [0.25, 0.3) is 0 Å². The summed E-state index contributed by atoms with van der Waals surface area (Å²) in [5, 5.41) is 5.20. The molecule has 2 N–H and O–H groups in total. The van der Waals surface area contributed by atoms with E-state index in [-0.39, 0.29) is 29.9 Å². The number of hydrogen-bond acceptors (Lipinski definition) is 3. The molecule has 0 saturated carbocycles. The van der Waals surface area contributed by atoms with Crippen LogP contribution < -0.4 is 20.1 Å². The van der Waals surface area contributed by atoms with Gasteiger partial charge in [0, 0.05) is 37.3 Å². The summed E-state index contributed by atoms with van der Waals surface area (Å²) in [6.45, 7) is -3.75. The van der Waals surface area contributed by atoms with Crippen LogP contribution in [0.5, 0.6) is 11.5 Å². The zero-order valence-electron chi connectivity index (χ0n) is 15.3. The Hall–Kier alpha value is -3.11. The van der Waals surface area contributed by atoms with Crippen LogP contribution in [0.1, 0.15) is 11.1 Å². The number of ether oxygens (including phenoxy) is 2. The zero-order valence-corrected chi connectivity index (χ0v) is 15.3. The van der Waals surface area contributed by atoms with Crippen LogP contribution in [0.2, 0.25) is 0 Å². The van der Waals surface area contributed by atoms with Gasteiger partial charge in [0.2, 0.25) is 0 Å². The Morgan fingerprint density at radius 1 is 1.00 bits per heavy atom. The molecule has 158 valence electrons. The van der Waals surface area contributed by atoms with E-state index in [1.807, 2.05) is 0 Å². The average molecular weight is 421 g/mol. The van der Waals surface area contributed by atoms with E-state index in [1.54, 1.807) is 0 Å². The molecule has 0 aliphatic rings. The molecule has 0 unspecified atom stereocenters. The molecule has 0 aliphatic carbocycles. The second-order valence-corrected chi connectivity index (χ2v) is 5.58. The summed E-state index contributed by atoms with van der Waals surface area (Å²) in [5.74, 6) is -5.89. The van der Waals surface area contributed by atoms with Gasteiger partial charge < -0.3 is 20.1 Å². The van der Waals surface area contributed by atoms with Crippen LogP contribution in [0.4, 0.5) is 26.3 Å². The summed E-state index contributed by atoms with van der Waals surface area (Å²) in [4.78, 5) is 3.80. The van der Waals surface area contributed by atoms with Gasteiger partial charge in [-0.05, 0) is 18.2 Å². The summed E-state index contributed by atoms with van der Waals surface area (Å²) in [5.41, 5.74) is -0.574. The summed E-state index contributed by atoms with van der Waals surface area (Å²) in [6.07, 6.45) is 0. The maximum absolute atomic E-state index is 13.7. The van der Waals surface area contributed by atoms with E-state index in [4.69, 9.17) is 4.74 Å². The Labute approximate surface area is 162 Å². The van der Waals surface area contributed by atoms with Gasteiger partial charge >= 0.3 is 6.61 Å². The van der Waals surface area contributed by atoms with Crippen LogP contribution in [0.3, 0.4) is 0 Å². The lowest BCUT2D eigenvalue weighted by atomic mass is 10.1. The van der Waals surface area contributed by atoms with E-state index in [0.717, 1.165) is 0 Å². The van der Waals surface area contributed by atoms with Crippen LogP contribution in [0, 0.1) is 23.3 Å². The Morgan fingerprint density at radius 2 is 1.62 bits per heavy atom. The zero-order chi connectivity index (χ0) is 21.6. The molecule has 2 aromatic carbocycles. The molecule has 2 aromatic rings. The second kappa shape index (κ2) is 9.89. The lowest BCUT2D eigenvalue weighted by Crippen LogP contribution is -2.37. The van der Waals surface area contributed by atoms with Gasteiger partial charge in [-0.3, -0.25) is 4.99 Å². The number of aliphatic imine (C=N–C) groups is 1. The van der Waals surface area contributed by atoms with E-state index in [1.165, 1.54) is 32.4 Å². The van der Waals surface area contributed by atoms with Crippen molar-refractivity contribution in [3.8, 4) is 11.5 Å². The molecule has 0 spiro atoms. The molecule has 5 nitrogen and oxygen atoms in total. The van der Waals surface area contributed by atoms with Crippen molar-refractivity contribution in [2.75, 3.05) is 14.2 Å². The van der Waals surface area contributed by atoms with Gasteiger partial charge in [0.15, 0.2) is 29.2 Å². The van der Waals surface area contributed by atoms with Crippen LogP contribution in [-0.4, -0.2) is 26.7 Å². The van der Waals surface area contributed by atoms with Gasteiger partial charge in [0.05, 0.1) is 7.11 Å². The van der Waals surface area contributed by atoms with Gasteiger partial charge in [0.25, 0.3) is 0 Å². The van der Waals surface area contributed by atoms with Crippen molar-refractivity contribution in [2.24, 2.45) is 4.99 Å². The predicted octanol–water partition coefficient (Wildman–Crippen LogP) is 3.72. The summed E-state index contributed by atoms with van der Waals surface area (Å²) >= 11 is 0. The van der Waals surface area contributed by atoms with Crippen molar-refractivity contribution in [3.05, 3.63) is 58.7 Å². The number of nitrogens with one attached hydrogen (secondary N) is 2. The molecule has 0 atom stereocenters. The fourth-order valence-electron chi connectivity index (χ4n) is 2.38. The number of benzene rings is 2. The standard InChI is InChI=1S/C18H17F6N3O2/c1-25-18(27-8-11-15(21)12(19)6-13(20)16(11)22)26-7-9-5-10(28-2)3-4-14(9)29-17(23)24/h3-6,17H,7-8H2,1-2H3,(H2,25,26,27). The molecule has 2 rings (SSSR count). The second-order valence-electron chi connectivity index (χ2n) is 5.58. The van der Waals surface area contributed by atoms with Crippen molar-refractivity contribution in [1.82, 2.24) is 10.6 Å². The SMILES string of the molecule is CN=C(NCc1cc(OC)ccc1OC(F)F)NCc1c(F)c(F)cc(F)c1F. The highest BCUT2D eigenvalue weighted by atomic mass is 19.3. The van der Waals surface area contributed by atoms with Gasteiger partial charge in [-0.2, -0.15) is 8.78 Å². The first-order valence-electron chi connectivity index (χ1n) is 8.14. The third-order valence-corrected chi connectivity index (χ3v) is 3.79. The van der Waals surface area contributed by atoms with Crippen molar-refractivity contribution in [1.29, 1.82) is 0 Å². The Bertz CT molecular complexity index is 866. The Kier molecular flexibility index (Phi) is 7.57. The van der Waals surface area contributed by atoms with Crippen LogP contribution in [0.15, 0.2) is 29.3 Å². The van der Waals surface area contributed by atoms with Crippen LogP contribution in [-0.2, 0) is 13.1 Å². The predicted molar refractivity (Wildman–Crippen MR) is 92.9 cm³/mol. The summed E-state index contributed by atoms with van der Waals surface area (Å²) < 4.78 is 88.6. The Balaban J connectivity index is 2.11. The normalized spacial score (nSPS) is 11.6. The van der Waals surface area contributed by atoms with Gasteiger partial charge in [-0.15, -0.1) is 0 Å². The molecule has 0 aromatic heterocycles. The minimum absolute atomic E-state index is 0.0145. The lowest BCUT2D eigenvalue weighted by Gasteiger charge is -2.16. The summed E-state index contributed by atoms with van der Waals surface area (Å²) in [6, 6.07) is 4.27. The van der Waals surface area contributed by atoms with Gasteiger partial charge in [0.1, 0.15) is 11.5 Å². The van der Waals surface area contributed by atoms with Crippen molar-refractivity contribution < 1.29 is 35.8 Å². The topological polar surface area (TPSA) is 54.9 Å². The molecule has 0 fully saturated rings. The average Bonchev–Trinajstić information content (AvgIpc) is 2.69. The first kappa shape index (κ1) is 22.2. The fourth-order valence-corrected chi connectivity index (χ4v) is 2.38. The Morgan fingerprint density at radius 3 is 2.17 bits per heavy atom. The molecule has 0 heterocycles. The third-order valence-electron chi connectivity index (χ3n) is 3.79. The molecule has 29 heavy (non-hydrogen) atoms. The molecular formula is C18H17F6N3O2. The van der Waals surface area contributed by atoms with E-state index >= 15 is 0 Å². The monoisotopic (exact) mass is 421 g/mol.